The van der Waals surface area contributed by atoms with Gasteiger partial charge in [0.1, 0.15) is 0 Å². The van der Waals surface area contributed by atoms with Crippen molar-refractivity contribution in [1.29, 1.82) is 0 Å². The van der Waals surface area contributed by atoms with E-state index in [9.17, 15) is 0 Å². The SMILES string of the molecule is c1ccc(-c2ccc(N3c4ccc(-c5cccc(N(c6ccccc6)c6ccccc6)c5)cc4B4c5cc(-c6cccc(N(c7ccccc7)c7ccccc7)c6)ccc5N(c5ccc(-c6ccccc6)cc5)c5cc(C6(c7ccccc7)c7ccccc7-c7ccccc76)cc3c54)cc2)cc1. The fourth-order valence-electron chi connectivity index (χ4n) is 16.6. The Kier molecular flexibility index (Phi) is 14.9. The minimum absolute atomic E-state index is 0.258. The molecule has 102 heavy (non-hydrogen) atoms. The molecule has 4 nitrogen and oxygen atoms in total. The van der Waals surface area contributed by atoms with Gasteiger partial charge in [0, 0.05) is 68.2 Å². The Balaban J connectivity index is 0.899. The number of hydrogen-bond acceptors (Lipinski definition) is 4. The molecule has 0 radical (unpaired) electrons. The maximum absolute atomic E-state index is 2.60. The normalized spacial score (nSPS) is 12.7. The molecule has 16 aromatic rings. The Hall–Kier alpha value is -13.2. The predicted octanol–water partition coefficient (Wildman–Crippen LogP) is 23.7. The van der Waals surface area contributed by atoms with Gasteiger partial charge in [0.15, 0.2) is 0 Å². The molecule has 478 valence electrons. The lowest BCUT2D eigenvalue weighted by Gasteiger charge is -2.46. The zero-order valence-corrected chi connectivity index (χ0v) is 56.0. The Morgan fingerprint density at radius 3 is 0.912 bits per heavy atom. The van der Waals surface area contributed by atoms with E-state index in [1.54, 1.807) is 0 Å². The van der Waals surface area contributed by atoms with Crippen molar-refractivity contribution in [3.63, 3.8) is 0 Å². The maximum Gasteiger partial charge on any atom is 0.252 e. The van der Waals surface area contributed by atoms with Crippen LogP contribution >= 0.6 is 0 Å². The molecular formula is C97H67BN4. The molecule has 0 fully saturated rings. The van der Waals surface area contributed by atoms with E-state index in [1.165, 1.54) is 60.9 Å². The molecule has 2 aliphatic heterocycles. The van der Waals surface area contributed by atoms with Crippen molar-refractivity contribution in [3.05, 3.63) is 429 Å². The highest BCUT2D eigenvalue weighted by Crippen LogP contribution is 2.58. The standard InChI is InChI=1S/C97H67BN4/c1-8-28-68(29-9-1)70-50-56-82(57-51-70)101-92-60-54-74(72-32-26-44-84(62-72)99(78-36-14-4-15-37-78)79-38-16-5-17-39-79)64-90(92)98-91-65-75(73-33-27-45-85(63-73)100(80-40-18-6-19-41-80)81-42-20-7-21-43-81)55-61-93(91)102(83-58-52-71(53-59-83)69-30-10-2-11-31-69)95-67-77(66-94(101)96(95)98)97(76-34-12-3-13-35-76)88-48-24-22-46-86(88)87-47-23-25-49-89(87)97/h1-67H. The molecule has 1 aliphatic carbocycles. The van der Waals surface area contributed by atoms with E-state index in [0.29, 0.717) is 0 Å². The van der Waals surface area contributed by atoms with Crippen LogP contribution in [0.2, 0.25) is 0 Å². The molecule has 0 spiro atoms. The second kappa shape index (κ2) is 25.3. The zero-order chi connectivity index (χ0) is 67.5. The van der Waals surface area contributed by atoms with Gasteiger partial charge in [-0.25, -0.2) is 0 Å². The lowest BCUT2D eigenvalue weighted by atomic mass is 9.33. The van der Waals surface area contributed by atoms with E-state index in [2.05, 4.69) is 426 Å². The van der Waals surface area contributed by atoms with Gasteiger partial charge in [-0.05, 0) is 216 Å². The van der Waals surface area contributed by atoms with Gasteiger partial charge in [-0.15, -0.1) is 0 Å². The first kappa shape index (κ1) is 60.0. The number of nitrogens with zero attached hydrogens (tertiary/aromatic N) is 4. The van der Waals surface area contributed by atoms with Gasteiger partial charge in [-0.2, -0.15) is 0 Å². The fourth-order valence-corrected chi connectivity index (χ4v) is 16.6. The first-order valence-electron chi connectivity index (χ1n) is 35.2. The van der Waals surface area contributed by atoms with Crippen LogP contribution < -0.4 is 36.0 Å². The lowest BCUT2D eigenvalue weighted by Crippen LogP contribution is -2.61. The molecule has 0 bridgehead atoms. The molecule has 16 aromatic carbocycles. The second-order valence-electron chi connectivity index (χ2n) is 26.7. The van der Waals surface area contributed by atoms with Crippen LogP contribution in [-0.4, -0.2) is 6.71 Å². The van der Waals surface area contributed by atoms with Gasteiger partial charge >= 0.3 is 0 Å². The summed E-state index contributed by atoms with van der Waals surface area (Å²) in [5, 5.41) is 0. The van der Waals surface area contributed by atoms with Gasteiger partial charge in [-0.1, -0.05) is 285 Å². The number of anilines is 12. The molecule has 0 atom stereocenters. The topological polar surface area (TPSA) is 13.0 Å². The molecule has 0 saturated carbocycles. The largest absolute Gasteiger partial charge is 0.311 e. The van der Waals surface area contributed by atoms with Crippen molar-refractivity contribution in [3.8, 4) is 55.6 Å². The first-order valence-corrected chi connectivity index (χ1v) is 35.2. The van der Waals surface area contributed by atoms with Crippen LogP contribution in [0.3, 0.4) is 0 Å². The third-order valence-corrected chi connectivity index (χ3v) is 21.1. The van der Waals surface area contributed by atoms with Crippen LogP contribution in [0.1, 0.15) is 22.3 Å². The van der Waals surface area contributed by atoms with Crippen LogP contribution in [0.4, 0.5) is 68.2 Å². The van der Waals surface area contributed by atoms with Gasteiger partial charge in [0.05, 0.1) is 5.41 Å². The van der Waals surface area contributed by atoms with Crippen molar-refractivity contribution < 1.29 is 0 Å². The Morgan fingerprint density at radius 1 is 0.216 bits per heavy atom. The number of fused-ring (bicyclic) bond motifs is 7. The van der Waals surface area contributed by atoms with Crippen LogP contribution in [0, 0.1) is 0 Å². The third kappa shape index (κ3) is 10.2. The summed E-state index contributed by atoms with van der Waals surface area (Å²) in [4.78, 5) is 9.91. The van der Waals surface area contributed by atoms with Crippen molar-refractivity contribution in [1.82, 2.24) is 0 Å². The highest BCUT2D eigenvalue weighted by atomic mass is 15.2. The summed E-state index contributed by atoms with van der Waals surface area (Å²) < 4.78 is 0. The molecular weight excluding hydrogens is 1230 g/mol. The number of benzene rings is 16. The minimum Gasteiger partial charge on any atom is -0.311 e. The van der Waals surface area contributed by atoms with E-state index in [1.807, 2.05) is 0 Å². The molecule has 0 aromatic heterocycles. The number of para-hydroxylation sites is 4. The molecule has 0 saturated heterocycles. The monoisotopic (exact) mass is 1300 g/mol. The van der Waals surface area contributed by atoms with E-state index in [-0.39, 0.29) is 6.71 Å². The van der Waals surface area contributed by atoms with E-state index < -0.39 is 5.41 Å². The second-order valence-corrected chi connectivity index (χ2v) is 26.7. The van der Waals surface area contributed by atoms with Crippen molar-refractivity contribution in [2.75, 3.05) is 19.6 Å². The van der Waals surface area contributed by atoms with E-state index >= 15 is 0 Å². The predicted molar refractivity (Wildman–Crippen MR) is 429 cm³/mol. The highest BCUT2D eigenvalue weighted by Gasteiger charge is 2.50. The summed E-state index contributed by atoms with van der Waals surface area (Å²) in [6, 6.07) is 151. The minimum atomic E-state index is -0.730. The van der Waals surface area contributed by atoms with Crippen molar-refractivity contribution in [2.45, 2.75) is 5.41 Å². The summed E-state index contributed by atoms with van der Waals surface area (Å²) >= 11 is 0. The third-order valence-electron chi connectivity index (χ3n) is 21.1. The van der Waals surface area contributed by atoms with Crippen LogP contribution in [0.5, 0.6) is 0 Å². The molecule has 5 heteroatoms. The Morgan fingerprint density at radius 2 is 0.520 bits per heavy atom. The maximum atomic E-state index is 2.60. The van der Waals surface area contributed by atoms with Crippen LogP contribution in [-0.2, 0) is 5.41 Å². The molecule has 0 N–H and O–H groups in total. The van der Waals surface area contributed by atoms with Gasteiger partial charge in [0.25, 0.3) is 6.71 Å². The summed E-state index contributed by atoms with van der Waals surface area (Å²) in [5.41, 5.74) is 32.7. The fraction of sp³-hybridized carbons (Fsp3) is 0.0103. The summed E-state index contributed by atoms with van der Waals surface area (Å²) in [5.74, 6) is 0. The van der Waals surface area contributed by atoms with Crippen molar-refractivity contribution in [2.24, 2.45) is 0 Å². The molecule has 2 heterocycles. The van der Waals surface area contributed by atoms with Crippen LogP contribution in [0.15, 0.2) is 406 Å². The average molecular weight is 1300 g/mol. The smallest absolute Gasteiger partial charge is 0.252 e. The van der Waals surface area contributed by atoms with Gasteiger partial charge < -0.3 is 19.6 Å². The highest BCUT2D eigenvalue weighted by molar-refractivity contribution is 7.00. The molecule has 0 amide bonds. The van der Waals surface area contributed by atoms with Gasteiger partial charge in [-0.3, -0.25) is 0 Å². The summed E-state index contributed by atoms with van der Waals surface area (Å²) in [6.07, 6.45) is 0. The van der Waals surface area contributed by atoms with E-state index in [4.69, 9.17) is 0 Å². The molecule has 19 rings (SSSR count). The summed E-state index contributed by atoms with van der Waals surface area (Å²) in [7, 11) is 0. The molecule has 0 unspecified atom stereocenters. The van der Waals surface area contributed by atoms with Crippen LogP contribution in [0.25, 0.3) is 55.6 Å². The van der Waals surface area contributed by atoms with E-state index in [0.717, 1.165) is 102 Å². The number of hydrogen-bond donors (Lipinski definition) is 0. The molecule has 3 aliphatic rings. The first-order chi connectivity index (χ1) is 50.6. The Bertz CT molecular complexity index is 5350. The van der Waals surface area contributed by atoms with Crippen molar-refractivity contribution >= 4 is 91.3 Å². The zero-order valence-electron chi connectivity index (χ0n) is 56.0. The lowest BCUT2D eigenvalue weighted by molar-refractivity contribution is 0.768. The summed E-state index contributed by atoms with van der Waals surface area (Å²) in [6.45, 7) is -0.258. The average Bonchev–Trinajstić information content (AvgIpc) is 1.21. The Labute approximate surface area is 596 Å². The quantitative estimate of drug-likeness (QED) is 0.101. The van der Waals surface area contributed by atoms with Gasteiger partial charge in [0.2, 0.25) is 0 Å². The number of rotatable bonds is 14.